The molecular formula is C26H30N6O4S. The van der Waals surface area contributed by atoms with E-state index in [1.54, 1.807) is 48.4 Å². The van der Waals surface area contributed by atoms with Crippen molar-refractivity contribution >= 4 is 23.2 Å². The van der Waals surface area contributed by atoms with E-state index in [4.69, 9.17) is 9.15 Å². The molecule has 2 amide bonds. The second kappa shape index (κ2) is 11.0. The lowest BCUT2D eigenvalue weighted by atomic mass is 10.0. The lowest BCUT2D eigenvalue weighted by molar-refractivity contribution is -0.143. The number of thiophene rings is 1. The van der Waals surface area contributed by atoms with Gasteiger partial charge in [-0.1, -0.05) is 18.2 Å². The molecular weight excluding hydrogens is 492 g/mol. The number of benzene rings is 1. The Morgan fingerprint density at radius 1 is 1.16 bits per heavy atom. The van der Waals surface area contributed by atoms with Gasteiger partial charge in [-0.2, -0.15) is 4.80 Å². The van der Waals surface area contributed by atoms with Crippen LogP contribution in [0.5, 0.6) is 5.75 Å². The molecule has 0 aliphatic rings. The third-order valence-corrected chi connectivity index (χ3v) is 6.27. The van der Waals surface area contributed by atoms with E-state index >= 15 is 0 Å². The fraction of sp³-hybridized carbons (Fsp3) is 0.346. The second-order valence-corrected chi connectivity index (χ2v) is 10.6. The van der Waals surface area contributed by atoms with E-state index in [0.717, 1.165) is 10.6 Å². The fourth-order valence-electron chi connectivity index (χ4n) is 3.77. The number of aromatic nitrogens is 4. The van der Waals surface area contributed by atoms with Crippen LogP contribution >= 0.6 is 11.3 Å². The second-order valence-electron chi connectivity index (χ2n) is 9.57. The Labute approximate surface area is 219 Å². The van der Waals surface area contributed by atoms with Gasteiger partial charge in [-0.25, -0.2) is 0 Å². The summed E-state index contributed by atoms with van der Waals surface area (Å²) in [6.45, 7) is 7.56. The van der Waals surface area contributed by atoms with E-state index in [0.29, 0.717) is 17.1 Å². The van der Waals surface area contributed by atoms with Crippen molar-refractivity contribution in [1.82, 2.24) is 30.4 Å². The average molecular weight is 523 g/mol. The molecule has 1 atom stereocenters. The number of nitrogens with zero attached hydrogens (tertiary/aromatic N) is 5. The van der Waals surface area contributed by atoms with Crippen molar-refractivity contribution in [3.8, 4) is 17.3 Å². The third-order valence-electron chi connectivity index (χ3n) is 5.41. The Bertz CT molecular complexity index is 1340. The van der Waals surface area contributed by atoms with Crippen molar-refractivity contribution < 1.29 is 18.7 Å². The molecule has 11 heteroatoms. The van der Waals surface area contributed by atoms with E-state index in [1.165, 1.54) is 16.1 Å². The maximum atomic E-state index is 13.8. The van der Waals surface area contributed by atoms with E-state index in [2.05, 4.69) is 20.7 Å². The SMILES string of the molecule is COc1ccc(C(C(=O)NC(C)(C)C)N(Cc2cccs2)C(=O)Cn2nnc(-c3ccc(C)o3)n2)cc1. The van der Waals surface area contributed by atoms with Gasteiger partial charge in [-0.3, -0.25) is 9.59 Å². The zero-order valence-corrected chi connectivity index (χ0v) is 22.3. The Balaban J connectivity index is 1.68. The Kier molecular flexibility index (Phi) is 7.72. The minimum Gasteiger partial charge on any atom is -0.497 e. The highest BCUT2D eigenvalue weighted by Gasteiger charge is 2.34. The van der Waals surface area contributed by atoms with Gasteiger partial charge in [0.1, 0.15) is 24.1 Å². The molecule has 0 saturated heterocycles. The number of hydrogen-bond acceptors (Lipinski definition) is 8. The van der Waals surface area contributed by atoms with Gasteiger partial charge in [0.15, 0.2) is 5.76 Å². The standard InChI is InChI=1S/C26H30N6O4S/c1-17-8-13-21(36-17)24-28-30-32(29-24)16-22(33)31(15-20-7-6-14-37-20)23(25(34)27-26(2,3)4)18-9-11-19(35-5)12-10-18/h6-14,23H,15-16H2,1-5H3,(H,27,34). The summed E-state index contributed by atoms with van der Waals surface area (Å²) < 4.78 is 10.9. The molecule has 1 unspecified atom stereocenters. The summed E-state index contributed by atoms with van der Waals surface area (Å²) in [6.07, 6.45) is 0. The molecule has 0 aliphatic heterocycles. The van der Waals surface area contributed by atoms with Crippen molar-refractivity contribution in [2.24, 2.45) is 0 Å². The van der Waals surface area contributed by atoms with Crippen LogP contribution in [0.2, 0.25) is 0 Å². The maximum absolute atomic E-state index is 13.8. The molecule has 3 heterocycles. The number of ether oxygens (including phenoxy) is 1. The zero-order valence-electron chi connectivity index (χ0n) is 21.5. The molecule has 4 aromatic rings. The summed E-state index contributed by atoms with van der Waals surface area (Å²) in [5.74, 6) is 1.49. The lowest BCUT2D eigenvalue weighted by Crippen LogP contribution is -2.49. The van der Waals surface area contributed by atoms with Crippen LogP contribution in [0.1, 0.15) is 43.0 Å². The number of rotatable bonds is 9. The number of nitrogens with one attached hydrogen (secondary N) is 1. The molecule has 0 aliphatic carbocycles. The summed E-state index contributed by atoms with van der Waals surface area (Å²) in [4.78, 5) is 31.1. The first kappa shape index (κ1) is 26.1. The molecule has 0 radical (unpaired) electrons. The fourth-order valence-corrected chi connectivity index (χ4v) is 4.47. The monoisotopic (exact) mass is 522 g/mol. The Hall–Kier alpha value is -3.99. The van der Waals surface area contributed by atoms with Crippen molar-refractivity contribution in [2.45, 2.75) is 52.4 Å². The summed E-state index contributed by atoms with van der Waals surface area (Å²) in [7, 11) is 1.58. The number of tetrazole rings is 1. The number of furan rings is 1. The highest BCUT2D eigenvalue weighted by atomic mass is 32.1. The van der Waals surface area contributed by atoms with Gasteiger partial charge in [0.25, 0.3) is 0 Å². The van der Waals surface area contributed by atoms with E-state index in [-0.39, 0.29) is 30.7 Å². The summed E-state index contributed by atoms with van der Waals surface area (Å²) in [5.41, 5.74) is 0.161. The van der Waals surface area contributed by atoms with Crippen LogP contribution in [-0.4, -0.2) is 49.6 Å². The maximum Gasteiger partial charge on any atom is 0.247 e. The Morgan fingerprint density at radius 2 is 1.92 bits per heavy atom. The van der Waals surface area contributed by atoms with Crippen LogP contribution in [-0.2, 0) is 22.7 Å². The molecule has 1 aromatic carbocycles. The molecule has 0 spiro atoms. The van der Waals surface area contributed by atoms with E-state index < -0.39 is 11.6 Å². The quantitative estimate of drug-likeness (QED) is 0.353. The van der Waals surface area contributed by atoms with Crippen molar-refractivity contribution in [2.75, 3.05) is 7.11 Å². The molecule has 4 rings (SSSR count). The molecule has 0 saturated carbocycles. The van der Waals surface area contributed by atoms with E-state index in [1.807, 2.05) is 45.2 Å². The number of aryl methyl sites for hydroxylation is 1. The molecule has 37 heavy (non-hydrogen) atoms. The van der Waals surface area contributed by atoms with Crippen LogP contribution in [0.15, 0.2) is 58.3 Å². The molecule has 3 aromatic heterocycles. The summed E-state index contributed by atoms with van der Waals surface area (Å²) in [6, 6.07) is 13.6. The molecule has 194 valence electrons. The van der Waals surface area contributed by atoms with Crippen LogP contribution in [0.4, 0.5) is 0 Å². The third kappa shape index (κ3) is 6.62. The van der Waals surface area contributed by atoms with Gasteiger partial charge >= 0.3 is 0 Å². The molecule has 1 N–H and O–H groups in total. The van der Waals surface area contributed by atoms with Gasteiger partial charge in [0.2, 0.25) is 17.6 Å². The first-order chi connectivity index (χ1) is 17.6. The lowest BCUT2D eigenvalue weighted by Gasteiger charge is -2.33. The average Bonchev–Trinajstić information content (AvgIpc) is 3.60. The van der Waals surface area contributed by atoms with Crippen LogP contribution in [0.3, 0.4) is 0 Å². The minimum atomic E-state index is -0.893. The smallest absolute Gasteiger partial charge is 0.247 e. The van der Waals surface area contributed by atoms with Crippen molar-refractivity contribution in [1.29, 1.82) is 0 Å². The van der Waals surface area contributed by atoms with Gasteiger partial charge in [-0.05, 0) is 74.2 Å². The number of carbonyl (C=O) groups excluding carboxylic acids is 2. The zero-order chi connectivity index (χ0) is 26.6. The van der Waals surface area contributed by atoms with E-state index in [9.17, 15) is 9.59 Å². The van der Waals surface area contributed by atoms with Gasteiger partial charge in [-0.15, -0.1) is 21.5 Å². The highest BCUT2D eigenvalue weighted by molar-refractivity contribution is 7.09. The van der Waals surface area contributed by atoms with Gasteiger partial charge < -0.3 is 19.4 Å². The minimum absolute atomic E-state index is 0.201. The predicted octanol–water partition coefficient (Wildman–Crippen LogP) is 4.00. The molecule has 0 fully saturated rings. The predicted molar refractivity (Wildman–Crippen MR) is 139 cm³/mol. The summed E-state index contributed by atoms with van der Waals surface area (Å²) in [5, 5.41) is 17.3. The largest absolute Gasteiger partial charge is 0.497 e. The first-order valence-corrected chi connectivity index (χ1v) is 12.6. The highest BCUT2D eigenvalue weighted by Crippen LogP contribution is 2.28. The number of amides is 2. The molecule has 10 nitrogen and oxygen atoms in total. The van der Waals surface area contributed by atoms with Crippen LogP contribution in [0, 0.1) is 6.92 Å². The number of methoxy groups -OCH3 is 1. The van der Waals surface area contributed by atoms with Gasteiger partial charge in [0, 0.05) is 10.4 Å². The topological polar surface area (TPSA) is 115 Å². The summed E-state index contributed by atoms with van der Waals surface area (Å²) >= 11 is 1.51. The van der Waals surface area contributed by atoms with Gasteiger partial charge in [0.05, 0.1) is 13.7 Å². The normalized spacial score (nSPS) is 12.2. The van der Waals surface area contributed by atoms with Crippen molar-refractivity contribution in [3.63, 3.8) is 0 Å². The van der Waals surface area contributed by atoms with Crippen LogP contribution < -0.4 is 10.1 Å². The first-order valence-electron chi connectivity index (χ1n) is 11.8. The van der Waals surface area contributed by atoms with Crippen molar-refractivity contribution in [3.05, 3.63) is 70.1 Å². The number of carbonyl (C=O) groups is 2. The Morgan fingerprint density at radius 3 is 2.51 bits per heavy atom. The number of hydrogen-bond donors (Lipinski definition) is 1. The van der Waals surface area contributed by atoms with Crippen LogP contribution in [0.25, 0.3) is 11.6 Å². The molecule has 0 bridgehead atoms.